The zero-order valence-electron chi connectivity index (χ0n) is 13.3. The van der Waals surface area contributed by atoms with Gasteiger partial charge in [-0.2, -0.15) is 8.42 Å². The second kappa shape index (κ2) is 8.51. The van der Waals surface area contributed by atoms with Crippen LogP contribution in [0, 0.1) is 6.92 Å². The summed E-state index contributed by atoms with van der Waals surface area (Å²) >= 11 is 18.3. The molecule has 2 N–H and O–H groups in total. The molecule has 1 heterocycles. The Morgan fingerprint density at radius 2 is 1.88 bits per heavy atom. The summed E-state index contributed by atoms with van der Waals surface area (Å²) in [6.45, 7) is 1.71. The van der Waals surface area contributed by atoms with Gasteiger partial charge in [0.2, 0.25) is 0 Å². The Bertz CT molecular complexity index is 876. The van der Waals surface area contributed by atoms with Crippen molar-refractivity contribution in [3.05, 3.63) is 44.8 Å². The quantitative estimate of drug-likeness (QED) is 0.380. The Hall–Kier alpha value is -1.12. The molecule has 0 spiro atoms. The van der Waals surface area contributed by atoms with E-state index in [2.05, 4.69) is 15.3 Å². The van der Waals surface area contributed by atoms with E-state index in [1.54, 1.807) is 25.1 Å². The third kappa shape index (κ3) is 6.27. The molecular weight excluding hydrogens is 409 g/mol. The number of hydrogen-bond acceptors (Lipinski definition) is 5. The SMILES string of the molecule is Cc1nc(Cl)c(CCCCS(=O)(=O)O)c(Nc2ccc(Cl)cc2Cl)n1. The molecule has 1 aromatic carbocycles. The Morgan fingerprint density at radius 3 is 2.52 bits per heavy atom. The maximum Gasteiger partial charge on any atom is 0.264 e. The van der Waals surface area contributed by atoms with Crippen molar-refractivity contribution in [3.8, 4) is 0 Å². The van der Waals surface area contributed by atoms with Gasteiger partial charge in [-0.15, -0.1) is 0 Å². The van der Waals surface area contributed by atoms with Crippen molar-refractivity contribution in [1.29, 1.82) is 0 Å². The summed E-state index contributed by atoms with van der Waals surface area (Å²) in [5, 5.41) is 4.34. The number of hydrogen-bond donors (Lipinski definition) is 2. The first kappa shape index (κ1) is 20.2. The molecule has 0 atom stereocenters. The van der Waals surface area contributed by atoms with E-state index in [0.717, 1.165) is 0 Å². The molecule has 0 saturated carbocycles. The molecule has 0 aliphatic carbocycles. The molecule has 1 aromatic heterocycles. The van der Waals surface area contributed by atoms with Gasteiger partial charge in [0.15, 0.2) is 0 Å². The largest absolute Gasteiger partial charge is 0.339 e. The van der Waals surface area contributed by atoms with E-state index >= 15 is 0 Å². The van der Waals surface area contributed by atoms with Gasteiger partial charge in [0, 0.05) is 10.6 Å². The lowest BCUT2D eigenvalue weighted by Crippen LogP contribution is -2.07. The molecule has 0 unspecified atom stereocenters. The van der Waals surface area contributed by atoms with Crippen molar-refractivity contribution in [2.24, 2.45) is 0 Å². The van der Waals surface area contributed by atoms with Gasteiger partial charge in [-0.25, -0.2) is 9.97 Å². The summed E-state index contributed by atoms with van der Waals surface area (Å²) in [7, 11) is -3.97. The Kier molecular flexibility index (Phi) is 6.87. The second-order valence-corrected chi connectivity index (χ2v) is 8.15. The molecule has 2 rings (SSSR count). The summed E-state index contributed by atoms with van der Waals surface area (Å²) < 4.78 is 30.4. The van der Waals surface area contributed by atoms with E-state index in [1.807, 2.05) is 0 Å². The molecule has 0 radical (unpaired) electrons. The van der Waals surface area contributed by atoms with Crippen LogP contribution in [0.3, 0.4) is 0 Å². The van der Waals surface area contributed by atoms with Crippen LogP contribution in [0.5, 0.6) is 0 Å². The molecule has 0 aliphatic heterocycles. The lowest BCUT2D eigenvalue weighted by Gasteiger charge is -2.14. The van der Waals surface area contributed by atoms with Gasteiger partial charge in [-0.05, 0) is 44.4 Å². The summed E-state index contributed by atoms with van der Waals surface area (Å²) in [6, 6.07) is 5.02. The molecule has 0 aliphatic rings. The van der Waals surface area contributed by atoms with Gasteiger partial charge in [0.05, 0.1) is 16.5 Å². The Labute approximate surface area is 161 Å². The van der Waals surface area contributed by atoms with Crippen molar-refractivity contribution in [2.45, 2.75) is 26.2 Å². The highest BCUT2D eigenvalue weighted by Crippen LogP contribution is 2.31. The number of nitrogens with one attached hydrogen (secondary N) is 1. The van der Waals surface area contributed by atoms with Crippen molar-refractivity contribution in [2.75, 3.05) is 11.1 Å². The molecule has 25 heavy (non-hydrogen) atoms. The van der Waals surface area contributed by atoms with Crippen LogP contribution in [-0.4, -0.2) is 28.7 Å². The average Bonchev–Trinajstić information content (AvgIpc) is 2.47. The van der Waals surface area contributed by atoms with Gasteiger partial charge < -0.3 is 5.32 Å². The fraction of sp³-hybridized carbons (Fsp3) is 0.333. The zero-order chi connectivity index (χ0) is 18.6. The lowest BCUT2D eigenvalue weighted by molar-refractivity contribution is 0.480. The fourth-order valence-electron chi connectivity index (χ4n) is 2.19. The van der Waals surface area contributed by atoms with Crippen LogP contribution in [0.1, 0.15) is 24.2 Å². The third-order valence-electron chi connectivity index (χ3n) is 3.33. The standard InChI is InChI=1S/C15H16Cl3N3O3S/c1-9-19-14(18)11(4-2-3-7-25(22,23)24)15(20-9)21-13-6-5-10(16)8-12(13)17/h5-6,8H,2-4,7H2,1H3,(H,19,20,21)(H,22,23,24). The highest BCUT2D eigenvalue weighted by atomic mass is 35.5. The lowest BCUT2D eigenvalue weighted by atomic mass is 10.1. The van der Waals surface area contributed by atoms with Crippen molar-refractivity contribution in [3.63, 3.8) is 0 Å². The normalized spacial score (nSPS) is 11.6. The first-order chi connectivity index (χ1) is 11.7. The predicted molar refractivity (Wildman–Crippen MR) is 101 cm³/mol. The van der Waals surface area contributed by atoms with Gasteiger partial charge in [-0.3, -0.25) is 4.55 Å². The molecule has 0 bridgehead atoms. The van der Waals surface area contributed by atoms with Crippen LogP contribution >= 0.6 is 34.8 Å². The summed E-state index contributed by atoms with van der Waals surface area (Å²) in [6.07, 6.45) is 1.24. The molecule has 2 aromatic rings. The molecule has 6 nitrogen and oxygen atoms in total. The maximum absolute atomic E-state index is 10.8. The van der Waals surface area contributed by atoms with Crippen LogP contribution in [0.15, 0.2) is 18.2 Å². The van der Waals surface area contributed by atoms with E-state index in [-0.39, 0.29) is 10.9 Å². The van der Waals surface area contributed by atoms with Crippen molar-refractivity contribution < 1.29 is 13.0 Å². The number of unbranched alkanes of at least 4 members (excludes halogenated alkanes) is 1. The van der Waals surface area contributed by atoms with Crippen LogP contribution in [-0.2, 0) is 16.5 Å². The first-order valence-corrected chi connectivity index (χ1v) is 10.1. The molecule has 0 amide bonds. The predicted octanol–water partition coefficient (Wildman–Crippen LogP) is 4.70. The molecule has 0 fully saturated rings. The number of rotatable bonds is 7. The van der Waals surface area contributed by atoms with E-state index < -0.39 is 10.1 Å². The minimum Gasteiger partial charge on any atom is -0.339 e. The first-order valence-electron chi connectivity index (χ1n) is 7.36. The second-order valence-electron chi connectivity index (χ2n) is 5.38. The van der Waals surface area contributed by atoms with Crippen LogP contribution in [0.25, 0.3) is 0 Å². The average molecular weight is 425 g/mol. The van der Waals surface area contributed by atoms with Crippen LogP contribution in [0.2, 0.25) is 15.2 Å². The van der Waals surface area contributed by atoms with Crippen LogP contribution in [0.4, 0.5) is 11.5 Å². The smallest absolute Gasteiger partial charge is 0.264 e. The van der Waals surface area contributed by atoms with Crippen molar-refractivity contribution >= 4 is 56.4 Å². The van der Waals surface area contributed by atoms with Crippen molar-refractivity contribution in [1.82, 2.24) is 9.97 Å². The van der Waals surface area contributed by atoms with E-state index in [9.17, 15) is 8.42 Å². The third-order valence-corrected chi connectivity index (χ3v) is 5.00. The molecule has 0 saturated heterocycles. The minimum absolute atomic E-state index is 0.284. The number of benzene rings is 1. The number of aryl methyl sites for hydroxylation is 1. The van der Waals surface area contributed by atoms with E-state index in [1.165, 1.54) is 0 Å². The number of anilines is 2. The highest BCUT2D eigenvalue weighted by molar-refractivity contribution is 7.85. The van der Waals surface area contributed by atoms with Gasteiger partial charge in [0.25, 0.3) is 10.1 Å². The van der Waals surface area contributed by atoms with E-state index in [0.29, 0.717) is 52.2 Å². The summed E-state index contributed by atoms with van der Waals surface area (Å²) in [5.74, 6) is 0.677. The Morgan fingerprint density at radius 1 is 1.16 bits per heavy atom. The molecule has 136 valence electrons. The Balaban J connectivity index is 2.21. The maximum atomic E-state index is 10.8. The topological polar surface area (TPSA) is 92.2 Å². The van der Waals surface area contributed by atoms with E-state index in [4.69, 9.17) is 39.4 Å². The van der Waals surface area contributed by atoms with Gasteiger partial charge in [-0.1, -0.05) is 34.8 Å². The molecule has 10 heteroatoms. The summed E-state index contributed by atoms with van der Waals surface area (Å²) in [4.78, 5) is 8.49. The van der Waals surface area contributed by atoms with Crippen LogP contribution < -0.4 is 5.32 Å². The molecular formula is C15H16Cl3N3O3S. The monoisotopic (exact) mass is 423 g/mol. The number of halogens is 3. The van der Waals surface area contributed by atoms with Gasteiger partial charge >= 0.3 is 0 Å². The highest BCUT2D eigenvalue weighted by Gasteiger charge is 2.14. The minimum atomic E-state index is -3.97. The number of nitrogens with zero attached hydrogens (tertiary/aromatic N) is 2. The fourth-order valence-corrected chi connectivity index (χ4v) is 3.52. The zero-order valence-corrected chi connectivity index (χ0v) is 16.3. The summed E-state index contributed by atoms with van der Waals surface area (Å²) in [5.41, 5.74) is 1.26. The van der Waals surface area contributed by atoms with Gasteiger partial charge in [0.1, 0.15) is 16.8 Å². The number of aromatic nitrogens is 2.